The molecule has 1 aromatic carbocycles. The average Bonchev–Trinajstić information content (AvgIpc) is 2.36. The number of aliphatic hydroxyl groups excluding tert-OH is 1. The Morgan fingerprint density at radius 2 is 2.21 bits per heavy atom. The zero-order valence-electron chi connectivity index (χ0n) is 9.83. The van der Waals surface area contributed by atoms with Crippen molar-refractivity contribution in [3.63, 3.8) is 0 Å². The van der Waals surface area contributed by atoms with Crippen molar-refractivity contribution in [2.24, 2.45) is 0 Å². The number of carbonyl (C=O) groups excluding carboxylic acids is 1. The van der Waals surface area contributed by atoms with Crippen molar-refractivity contribution in [2.45, 2.75) is 18.6 Å². The second-order valence-electron chi connectivity index (χ2n) is 4.26. The van der Waals surface area contributed by atoms with Gasteiger partial charge in [-0.2, -0.15) is 0 Å². The summed E-state index contributed by atoms with van der Waals surface area (Å²) in [4.78, 5) is 11.9. The smallest absolute Gasteiger partial charge is 0.254 e. The van der Waals surface area contributed by atoms with E-state index in [2.05, 4.69) is 21.2 Å². The van der Waals surface area contributed by atoms with E-state index >= 15 is 0 Å². The molecule has 19 heavy (non-hydrogen) atoms. The van der Waals surface area contributed by atoms with Crippen LogP contribution in [0.4, 0.5) is 8.78 Å². The predicted molar refractivity (Wildman–Crippen MR) is 66.8 cm³/mol. The average molecular weight is 336 g/mol. The van der Waals surface area contributed by atoms with E-state index in [9.17, 15) is 18.7 Å². The van der Waals surface area contributed by atoms with Crippen molar-refractivity contribution in [3.8, 4) is 0 Å². The van der Waals surface area contributed by atoms with Crippen LogP contribution in [0.2, 0.25) is 0 Å². The summed E-state index contributed by atoms with van der Waals surface area (Å²) in [6.45, 7) is 0.512. The number of ether oxygens (including phenoxy) is 1. The van der Waals surface area contributed by atoms with E-state index in [1.807, 2.05) is 0 Å². The zero-order chi connectivity index (χ0) is 14.0. The fourth-order valence-corrected chi connectivity index (χ4v) is 2.29. The van der Waals surface area contributed by atoms with Gasteiger partial charge in [0.2, 0.25) is 0 Å². The van der Waals surface area contributed by atoms with E-state index in [1.165, 1.54) is 0 Å². The van der Waals surface area contributed by atoms with Crippen LogP contribution in [-0.4, -0.2) is 36.4 Å². The number of rotatable bonds is 2. The maximum atomic E-state index is 13.7. The van der Waals surface area contributed by atoms with Gasteiger partial charge < -0.3 is 15.2 Å². The van der Waals surface area contributed by atoms with E-state index in [4.69, 9.17) is 4.74 Å². The van der Waals surface area contributed by atoms with Crippen molar-refractivity contribution >= 4 is 21.8 Å². The second kappa shape index (κ2) is 5.94. The number of halogens is 3. The maximum Gasteiger partial charge on any atom is 0.254 e. The van der Waals surface area contributed by atoms with Crippen molar-refractivity contribution in [1.29, 1.82) is 0 Å². The number of nitrogens with one attached hydrogen (secondary N) is 1. The lowest BCUT2D eigenvalue weighted by Gasteiger charge is -2.28. The highest BCUT2D eigenvalue weighted by Crippen LogP contribution is 2.21. The molecule has 0 spiro atoms. The largest absolute Gasteiger partial charge is 0.389 e. The van der Waals surface area contributed by atoms with E-state index in [0.29, 0.717) is 13.0 Å². The first-order valence-corrected chi connectivity index (χ1v) is 6.49. The molecule has 7 heteroatoms. The van der Waals surface area contributed by atoms with Gasteiger partial charge >= 0.3 is 0 Å². The van der Waals surface area contributed by atoms with Crippen LogP contribution >= 0.6 is 15.9 Å². The van der Waals surface area contributed by atoms with Gasteiger partial charge in [0.25, 0.3) is 5.91 Å². The molecule has 0 aliphatic carbocycles. The first-order valence-electron chi connectivity index (χ1n) is 5.70. The molecule has 0 unspecified atom stereocenters. The van der Waals surface area contributed by atoms with Gasteiger partial charge in [-0.1, -0.05) is 0 Å². The van der Waals surface area contributed by atoms with Crippen molar-refractivity contribution in [1.82, 2.24) is 5.32 Å². The summed E-state index contributed by atoms with van der Waals surface area (Å²) in [6, 6.07) is 1.24. The van der Waals surface area contributed by atoms with Gasteiger partial charge in [-0.25, -0.2) is 8.78 Å². The molecule has 0 saturated carbocycles. The van der Waals surface area contributed by atoms with Gasteiger partial charge in [-0.3, -0.25) is 4.79 Å². The van der Waals surface area contributed by atoms with Crippen LogP contribution in [0.15, 0.2) is 16.6 Å². The molecule has 1 aliphatic heterocycles. The van der Waals surface area contributed by atoms with Crippen LogP contribution in [-0.2, 0) is 4.74 Å². The highest BCUT2D eigenvalue weighted by molar-refractivity contribution is 9.10. The van der Waals surface area contributed by atoms with E-state index in [-0.39, 0.29) is 11.1 Å². The minimum Gasteiger partial charge on any atom is -0.389 e. The normalized spacial score (nSPS) is 23.2. The monoisotopic (exact) mass is 335 g/mol. The van der Waals surface area contributed by atoms with Crippen LogP contribution in [0.1, 0.15) is 16.8 Å². The lowest BCUT2D eigenvalue weighted by molar-refractivity contribution is -0.0261. The molecular weight excluding hydrogens is 324 g/mol. The first kappa shape index (κ1) is 14.4. The SMILES string of the molecule is O=C(N[C@@H]1CCOC[C@H]1O)c1cc(F)cc(Br)c1F. The number of hydrogen-bond acceptors (Lipinski definition) is 3. The third kappa shape index (κ3) is 3.29. The molecule has 1 fully saturated rings. The Morgan fingerprint density at radius 1 is 1.47 bits per heavy atom. The summed E-state index contributed by atoms with van der Waals surface area (Å²) < 4.78 is 31.8. The quantitative estimate of drug-likeness (QED) is 0.807. The molecule has 4 nitrogen and oxygen atoms in total. The molecule has 2 N–H and O–H groups in total. The highest BCUT2D eigenvalue weighted by atomic mass is 79.9. The Hall–Kier alpha value is -1.05. The van der Waals surface area contributed by atoms with Crippen LogP contribution in [0.5, 0.6) is 0 Å². The summed E-state index contributed by atoms with van der Waals surface area (Å²) in [5.41, 5.74) is -0.398. The Bertz CT molecular complexity index is 498. The minimum absolute atomic E-state index is 0.111. The van der Waals surface area contributed by atoms with Crippen LogP contribution < -0.4 is 5.32 Å². The second-order valence-corrected chi connectivity index (χ2v) is 5.11. The van der Waals surface area contributed by atoms with Crippen molar-refractivity contribution < 1.29 is 23.4 Å². The van der Waals surface area contributed by atoms with Gasteiger partial charge in [-0.05, 0) is 34.5 Å². The topological polar surface area (TPSA) is 58.6 Å². The Morgan fingerprint density at radius 3 is 2.89 bits per heavy atom. The lowest BCUT2D eigenvalue weighted by Crippen LogP contribution is -2.48. The third-order valence-corrected chi connectivity index (χ3v) is 3.46. The minimum atomic E-state index is -0.849. The standard InChI is InChI=1S/C12H12BrF2NO3/c13-8-4-6(14)3-7(11(8)15)12(18)16-9-1-2-19-5-10(9)17/h3-4,9-10,17H,1-2,5H2,(H,16,18)/t9-,10-/m1/s1. The summed E-state index contributed by atoms with van der Waals surface area (Å²) in [5, 5.41) is 12.1. The molecule has 104 valence electrons. The number of benzene rings is 1. The van der Waals surface area contributed by atoms with E-state index < -0.39 is 35.3 Å². The first-order chi connectivity index (χ1) is 8.99. The van der Waals surface area contributed by atoms with Gasteiger partial charge in [0.1, 0.15) is 11.6 Å². The maximum absolute atomic E-state index is 13.7. The van der Waals surface area contributed by atoms with Gasteiger partial charge in [0.15, 0.2) is 0 Å². The fraction of sp³-hybridized carbons (Fsp3) is 0.417. The molecule has 2 atom stereocenters. The highest BCUT2D eigenvalue weighted by Gasteiger charge is 2.27. The molecule has 0 radical (unpaired) electrons. The Labute approximate surface area is 116 Å². The lowest BCUT2D eigenvalue weighted by atomic mass is 10.1. The van der Waals surface area contributed by atoms with Crippen LogP contribution in [0.25, 0.3) is 0 Å². The molecule has 1 aliphatic rings. The zero-order valence-corrected chi connectivity index (χ0v) is 11.4. The fourth-order valence-electron chi connectivity index (χ4n) is 1.86. The molecular formula is C12H12BrF2NO3. The number of aliphatic hydroxyl groups is 1. The molecule has 0 aromatic heterocycles. The predicted octanol–water partition coefficient (Wildman–Crippen LogP) is 1.61. The third-order valence-electron chi connectivity index (χ3n) is 2.88. The van der Waals surface area contributed by atoms with Crippen molar-refractivity contribution in [3.05, 3.63) is 33.8 Å². The van der Waals surface area contributed by atoms with Gasteiger partial charge in [0, 0.05) is 6.61 Å². The molecule has 1 saturated heterocycles. The van der Waals surface area contributed by atoms with Crippen molar-refractivity contribution in [2.75, 3.05) is 13.2 Å². The molecule has 1 amide bonds. The summed E-state index contributed by atoms with van der Waals surface area (Å²) in [6.07, 6.45) is -0.428. The molecule has 1 heterocycles. The van der Waals surface area contributed by atoms with Crippen LogP contribution in [0.3, 0.4) is 0 Å². The van der Waals surface area contributed by atoms with Crippen LogP contribution in [0, 0.1) is 11.6 Å². The Balaban J connectivity index is 2.15. The number of amides is 1. The number of carbonyl (C=O) groups is 1. The molecule has 2 rings (SSSR count). The Kier molecular flexibility index (Phi) is 4.49. The summed E-state index contributed by atoms with van der Waals surface area (Å²) >= 11 is 2.84. The van der Waals surface area contributed by atoms with Gasteiger partial charge in [0.05, 0.1) is 28.8 Å². The van der Waals surface area contributed by atoms with Gasteiger partial charge in [-0.15, -0.1) is 0 Å². The molecule has 0 bridgehead atoms. The number of hydrogen-bond donors (Lipinski definition) is 2. The summed E-state index contributed by atoms with van der Waals surface area (Å²) in [5.74, 6) is -2.31. The van der Waals surface area contributed by atoms with E-state index in [0.717, 1.165) is 12.1 Å². The summed E-state index contributed by atoms with van der Waals surface area (Å²) in [7, 11) is 0. The van der Waals surface area contributed by atoms with E-state index in [1.54, 1.807) is 0 Å². The molecule has 1 aromatic rings.